The standard InChI is InChI=1S/C13H22N4/c1-11-10-16(8-6-14-11)13-15-7-9-17(13)12-4-2-3-5-12/h7,9,11-12,14H,2-6,8,10H2,1H3/t11-/m1/s1. The van der Waals surface area contributed by atoms with Crippen LogP contribution in [0, 0.1) is 0 Å². The molecule has 0 bridgehead atoms. The summed E-state index contributed by atoms with van der Waals surface area (Å²) in [5.74, 6) is 1.19. The van der Waals surface area contributed by atoms with Gasteiger partial charge in [0.15, 0.2) is 0 Å². The SMILES string of the molecule is C[C@@H]1CN(c2nccn2C2CCCC2)CCN1. The highest BCUT2D eigenvalue weighted by molar-refractivity contribution is 5.33. The molecule has 0 radical (unpaired) electrons. The van der Waals surface area contributed by atoms with Crippen LogP contribution in [0.2, 0.25) is 0 Å². The molecule has 1 atom stereocenters. The van der Waals surface area contributed by atoms with Crippen LogP contribution < -0.4 is 10.2 Å². The van der Waals surface area contributed by atoms with Gasteiger partial charge in [0.25, 0.3) is 0 Å². The molecule has 4 heteroatoms. The van der Waals surface area contributed by atoms with Crippen molar-refractivity contribution < 1.29 is 0 Å². The zero-order valence-corrected chi connectivity index (χ0v) is 10.6. The summed E-state index contributed by atoms with van der Waals surface area (Å²) in [6.07, 6.45) is 9.52. The van der Waals surface area contributed by atoms with Crippen LogP contribution in [0.5, 0.6) is 0 Å². The molecule has 1 saturated carbocycles. The lowest BCUT2D eigenvalue weighted by Gasteiger charge is -2.33. The molecule has 0 amide bonds. The lowest BCUT2D eigenvalue weighted by Crippen LogP contribution is -2.50. The van der Waals surface area contributed by atoms with Gasteiger partial charge >= 0.3 is 0 Å². The number of anilines is 1. The average Bonchev–Trinajstić information content (AvgIpc) is 3.00. The van der Waals surface area contributed by atoms with Crippen LogP contribution in [-0.4, -0.2) is 35.2 Å². The zero-order chi connectivity index (χ0) is 11.7. The lowest BCUT2D eigenvalue weighted by atomic mass is 10.2. The number of nitrogens with zero attached hydrogens (tertiary/aromatic N) is 3. The van der Waals surface area contributed by atoms with Crippen LogP contribution >= 0.6 is 0 Å². The van der Waals surface area contributed by atoms with Crippen LogP contribution in [0.3, 0.4) is 0 Å². The van der Waals surface area contributed by atoms with Crippen LogP contribution in [0.1, 0.15) is 38.6 Å². The third-order valence-corrected chi connectivity index (χ3v) is 4.02. The second-order valence-corrected chi connectivity index (χ2v) is 5.37. The number of rotatable bonds is 2. The van der Waals surface area contributed by atoms with Gasteiger partial charge in [-0.05, 0) is 19.8 Å². The molecule has 17 heavy (non-hydrogen) atoms. The summed E-state index contributed by atoms with van der Waals surface area (Å²) >= 11 is 0. The maximum Gasteiger partial charge on any atom is 0.205 e. The van der Waals surface area contributed by atoms with Crippen molar-refractivity contribution in [3.05, 3.63) is 12.4 Å². The Morgan fingerprint density at radius 2 is 2.18 bits per heavy atom. The molecule has 0 unspecified atom stereocenters. The van der Waals surface area contributed by atoms with Gasteiger partial charge in [-0.25, -0.2) is 4.98 Å². The van der Waals surface area contributed by atoms with E-state index in [4.69, 9.17) is 0 Å². The van der Waals surface area contributed by atoms with Crippen LogP contribution in [0.4, 0.5) is 5.95 Å². The van der Waals surface area contributed by atoms with Crippen molar-refractivity contribution in [2.45, 2.75) is 44.7 Å². The molecule has 3 rings (SSSR count). The Hall–Kier alpha value is -1.03. The predicted molar refractivity (Wildman–Crippen MR) is 69.4 cm³/mol. The summed E-state index contributed by atoms with van der Waals surface area (Å²) in [5, 5.41) is 3.48. The molecule has 4 nitrogen and oxygen atoms in total. The van der Waals surface area contributed by atoms with Gasteiger partial charge in [-0.2, -0.15) is 0 Å². The molecule has 1 N–H and O–H groups in total. The molecular formula is C13H22N4. The molecule has 0 spiro atoms. The second-order valence-electron chi connectivity index (χ2n) is 5.37. The van der Waals surface area contributed by atoms with Crippen molar-refractivity contribution >= 4 is 5.95 Å². The van der Waals surface area contributed by atoms with Crippen molar-refractivity contribution in [1.82, 2.24) is 14.9 Å². The minimum atomic E-state index is 0.567. The molecule has 1 aliphatic heterocycles. The van der Waals surface area contributed by atoms with E-state index in [1.165, 1.54) is 31.6 Å². The van der Waals surface area contributed by atoms with E-state index in [-0.39, 0.29) is 0 Å². The van der Waals surface area contributed by atoms with E-state index in [9.17, 15) is 0 Å². The molecule has 2 aliphatic rings. The number of imidazole rings is 1. The number of aromatic nitrogens is 2. The van der Waals surface area contributed by atoms with Crippen molar-refractivity contribution in [2.24, 2.45) is 0 Å². The van der Waals surface area contributed by atoms with E-state index in [2.05, 4.69) is 32.9 Å². The second kappa shape index (κ2) is 4.69. The summed E-state index contributed by atoms with van der Waals surface area (Å²) in [4.78, 5) is 7.01. The van der Waals surface area contributed by atoms with Gasteiger partial charge in [-0.1, -0.05) is 12.8 Å². The number of nitrogens with one attached hydrogen (secondary N) is 1. The molecule has 2 heterocycles. The Bertz CT molecular complexity index is 367. The molecule has 1 aromatic rings. The summed E-state index contributed by atoms with van der Waals surface area (Å²) < 4.78 is 2.41. The van der Waals surface area contributed by atoms with E-state index in [0.717, 1.165) is 19.6 Å². The first-order valence-electron chi connectivity index (χ1n) is 6.86. The van der Waals surface area contributed by atoms with Gasteiger partial charge in [-0.3, -0.25) is 0 Å². The van der Waals surface area contributed by atoms with E-state index in [0.29, 0.717) is 12.1 Å². The van der Waals surface area contributed by atoms with E-state index < -0.39 is 0 Å². The molecule has 94 valence electrons. The lowest BCUT2D eigenvalue weighted by molar-refractivity contribution is 0.457. The number of hydrogen-bond acceptors (Lipinski definition) is 3. The van der Waals surface area contributed by atoms with Crippen molar-refractivity contribution in [3.63, 3.8) is 0 Å². The topological polar surface area (TPSA) is 33.1 Å². The Morgan fingerprint density at radius 3 is 2.94 bits per heavy atom. The fourth-order valence-electron chi connectivity index (χ4n) is 3.13. The first kappa shape index (κ1) is 11.1. The third-order valence-electron chi connectivity index (χ3n) is 4.02. The van der Waals surface area contributed by atoms with E-state index in [1.54, 1.807) is 0 Å². The average molecular weight is 234 g/mol. The highest BCUT2D eigenvalue weighted by Gasteiger charge is 2.24. The first-order valence-corrected chi connectivity index (χ1v) is 6.86. The normalized spacial score (nSPS) is 26.6. The first-order chi connectivity index (χ1) is 8.34. The van der Waals surface area contributed by atoms with Gasteiger partial charge in [0.05, 0.1) is 0 Å². The molecule has 0 aromatic carbocycles. The summed E-state index contributed by atoms with van der Waals surface area (Å²) in [5.41, 5.74) is 0. The predicted octanol–water partition coefficient (Wildman–Crippen LogP) is 1.80. The molecule has 1 saturated heterocycles. The van der Waals surface area contributed by atoms with Crippen molar-refractivity contribution in [1.29, 1.82) is 0 Å². The molecular weight excluding hydrogens is 212 g/mol. The summed E-state index contributed by atoms with van der Waals surface area (Å²) in [6, 6.07) is 1.26. The smallest absolute Gasteiger partial charge is 0.205 e. The fraction of sp³-hybridized carbons (Fsp3) is 0.769. The highest BCUT2D eigenvalue weighted by atomic mass is 15.3. The van der Waals surface area contributed by atoms with Crippen LogP contribution in [0.15, 0.2) is 12.4 Å². The highest BCUT2D eigenvalue weighted by Crippen LogP contribution is 2.32. The van der Waals surface area contributed by atoms with Gasteiger partial charge in [0.2, 0.25) is 5.95 Å². The Balaban J connectivity index is 1.79. The Labute approximate surface area is 103 Å². The quantitative estimate of drug-likeness (QED) is 0.847. The molecule has 2 fully saturated rings. The zero-order valence-electron chi connectivity index (χ0n) is 10.6. The Morgan fingerprint density at radius 1 is 1.35 bits per heavy atom. The van der Waals surface area contributed by atoms with Crippen LogP contribution in [0.25, 0.3) is 0 Å². The maximum absolute atomic E-state index is 4.58. The number of piperazine rings is 1. The monoisotopic (exact) mass is 234 g/mol. The van der Waals surface area contributed by atoms with Gasteiger partial charge < -0.3 is 14.8 Å². The summed E-state index contributed by atoms with van der Waals surface area (Å²) in [6.45, 7) is 5.46. The summed E-state index contributed by atoms with van der Waals surface area (Å²) in [7, 11) is 0. The van der Waals surface area contributed by atoms with E-state index in [1.807, 2.05) is 6.20 Å². The molecule has 1 aromatic heterocycles. The number of hydrogen-bond donors (Lipinski definition) is 1. The van der Waals surface area contributed by atoms with Gasteiger partial charge in [-0.15, -0.1) is 0 Å². The van der Waals surface area contributed by atoms with Crippen LogP contribution in [-0.2, 0) is 0 Å². The largest absolute Gasteiger partial charge is 0.339 e. The maximum atomic E-state index is 4.58. The van der Waals surface area contributed by atoms with Crippen molar-refractivity contribution in [3.8, 4) is 0 Å². The molecule has 1 aliphatic carbocycles. The minimum Gasteiger partial charge on any atom is -0.339 e. The fourth-order valence-corrected chi connectivity index (χ4v) is 3.13. The minimum absolute atomic E-state index is 0.567. The van der Waals surface area contributed by atoms with Gasteiger partial charge in [0, 0.05) is 44.1 Å². The van der Waals surface area contributed by atoms with Crippen molar-refractivity contribution in [2.75, 3.05) is 24.5 Å². The third kappa shape index (κ3) is 2.18. The van der Waals surface area contributed by atoms with Gasteiger partial charge in [0.1, 0.15) is 0 Å². The Kier molecular flexibility index (Phi) is 3.05. The van der Waals surface area contributed by atoms with E-state index >= 15 is 0 Å².